The minimum absolute atomic E-state index is 0.0739. The summed E-state index contributed by atoms with van der Waals surface area (Å²) >= 11 is 0. The van der Waals surface area contributed by atoms with E-state index >= 15 is 0 Å². The average Bonchev–Trinajstić information content (AvgIpc) is 3.10. The van der Waals surface area contributed by atoms with Crippen LogP contribution >= 0.6 is 0 Å². The van der Waals surface area contributed by atoms with Gasteiger partial charge in [0.1, 0.15) is 21.9 Å². The third-order valence-electron chi connectivity index (χ3n) is 7.16. The van der Waals surface area contributed by atoms with E-state index in [1.54, 1.807) is 12.3 Å². The maximum Gasteiger partial charge on any atom is 0.251 e. The van der Waals surface area contributed by atoms with Crippen molar-refractivity contribution in [3.63, 3.8) is 0 Å². The first-order chi connectivity index (χ1) is 20.6. The van der Waals surface area contributed by atoms with Crippen molar-refractivity contribution in [2.75, 3.05) is 24.6 Å². The molecule has 1 N–H and O–H groups in total. The molecular formula is C29H28F2N6O5S. The lowest BCUT2D eigenvalue weighted by Gasteiger charge is -2.36. The van der Waals surface area contributed by atoms with Crippen molar-refractivity contribution in [1.82, 2.24) is 25.3 Å². The molecule has 2 aliphatic heterocycles. The zero-order valence-corrected chi connectivity index (χ0v) is 24.1. The lowest BCUT2D eigenvalue weighted by molar-refractivity contribution is -0.00545. The normalized spacial score (nSPS) is 21.5. The molecule has 1 amide bonds. The van der Waals surface area contributed by atoms with E-state index in [0.717, 1.165) is 31.0 Å². The van der Waals surface area contributed by atoms with Crippen LogP contribution in [0, 0.1) is 5.82 Å². The first-order valence-corrected chi connectivity index (χ1v) is 15.2. The number of aromatic nitrogens is 4. The van der Waals surface area contributed by atoms with Gasteiger partial charge in [0.15, 0.2) is 11.6 Å². The van der Waals surface area contributed by atoms with E-state index in [-0.39, 0.29) is 30.9 Å². The van der Waals surface area contributed by atoms with Crippen molar-refractivity contribution in [2.45, 2.75) is 49.4 Å². The Morgan fingerprint density at radius 1 is 1.05 bits per heavy atom. The monoisotopic (exact) mass is 610 g/mol. The number of carbonyl (C=O) groups excluding carboxylic acids is 1. The van der Waals surface area contributed by atoms with Crippen LogP contribution < -0.4 is 15.0 Å². The van der Waals surface area contributed by atoms with Crippen LogP contribution in [0.3, 0.4) is 0 Å². The Kier molecular flexibility index (Phi) is 7.65. The number of fused-ring (bicyclic) bond motifs is 2. The fraction of sp³-hybridized carbons (Fsp3) is 0.345. The van der Waals surface area contributed by atoms with Crippen molar-refractivity contribution >= 4 is 32.6 Å². The molecule has 1 fully saturated rings. The first kappa shape index (κ1) is 28.8. The number of halogens is 2. The summed E-state index contributed by atoms with van der Waals surface area (Å²) in [5.74, 6) is -1.61. The van der Waals surface area contributed by atoms with Crippen LogP contribution in [0.5, 0.6) is 5.75 Å². The van der Waals surface area contributed by atoms with E-state index in [2.05, 4.69) is 20.2 Å². The molecule has 0 aliphatic carbocycles. The number of rotatable bonds is 5. The molecule has 43 heavy (non-hydrogen) atoms. The third-order valence-corrected chi connectivity index (χ3v) is 8.99. The Labute approximate surface area is 246 Å². The number of anilines is 1. The second kappa shape index (κ2) is 11.4. The quantitative estimate of drug-likeness (QED) is 0.357. The molecule has 3 aromatic heterocycles. The summed E-state index contributed by atoms with van der Waals surface area (Å²) < 4.78 is 64.9. The molecular weight excluding hydrogens is 582 g/mol. The Morgan fingerprint density at radius 2 is 1.84 bits per heavy atom. The maximum absolute atomic E-state index is 14.7. The van der Waals surface area contributed by atoms with Gasteiger partial charge in [0.25, 0.3) is 5.91 Å². The number of sulfone groups is 1. The highest BCUT2D eigenvalue weighted by Crippen LogP contribution is 2.35. The summed E-state index contributed by atoms with van der Waals surface area (Å²) in [7, 11) is -4.52. The zero-order chi connectivity index (χ0) is 30.3. The van der Waals surface area contributed by atoms with Crippen LogP contribution in [0.15, 0.2) is 53.7 Å². The van der Waals surface area contributed by atoms with E-state index in [9.17, 15) is 22.0 Å². The fourth-order valence-electron chi connectivity index (χ4n) is 5.15. The van der Waals surface area contributed by atoms with Gasteiger partial charge < -0.3 is 19.7 Å². The number of pyridine rings is 2. The van der Waals surface area contributed by atoms with E-state index in [1.165, 1.54) is 6.20 Å². The van der Waals surface area contributed by atoms with Crippen molar-refractivity contribution in [3.8, 4) is 17.1 Å². The van der Waals surface area contributed by atoms with Gasteiger partial charge >= 0.3 is 0 Å². The van der Waals surface area contributed by atoms with Crippen LogP contribution in [0.1, 0.15) is 36.3 Å². The van der Waals surface area contributed by atoms with Crippen molar-refractivity contribution < 1.29 is 31.5 Å². The second-order valence-corrected chi connectivity index (χ2v) is 12.6. The van der Waals surface area contributed by atoms with E-state index < -0.39 is 44.1 Å². The number of benzene rings is 1. The fourth-order valence-corrected chi connectivity index (χ4v) is 6.54. The predicted molar refractivity (Wildman–Crippen MR) is 153 cm³/mol. The SMILES string of the molecule is C[C@@H]1CN(c2cccc(-c3cnc4cnc(CNC(=O)c5cc(F)c6c(c5)S(=O)(=O)[C@@H](F)CCO6)cc4n3)n2)C[C@H](C)O1. The summed E-state index contributed by atoms with van der Waals surface area (Å²) in [6.07, 6.45) is 2.86. The smallest absolute Gasteiger partial charge is 0.251 e. The number of morpholine rings is 1. The molecule has 1 saturated heterocycles. The predicted octanol–water partition coefficient (Wildman–Crippen LogP) is 3.62. The topological polar surface area (TPSA) is 136 Å². The Bertz CT molecular complexity index is 1810. The molecule has 5 heterocycles. The number of hydrogen-bond donors (Lipinski definition) is 1. The number of carbonyl (C=O) groups is 1. The summed E-state index contributed by atoms with van der Waals surface area (Å²) in [5.41, 5.74) is 0.125. The number of ether oxygens (including phenoxy) is 2. The first-order valence-electron chi connectivity index (χ1n) is 13.7. The van der Waals surface area contributed by atoms with Crippen LogP contribution in [-0.4, -0.2) is 71.7 Å². The van der Waals surface area contributed by atoms with Gasteiger partial charge in [0.2, 0.25) is 15.3 Å². The summed E-state index contributed by atoms with van der Waals surface area (Å²) in [6.45, 7) is 5.13. The molecule has 4 aromatic rings. The molecule has 1 aromatic carbocycles. The summed E-state index contributed by atoms with van der Waals surface area (Å²) in [4.78, 5) is 32.6. The van der Waals surface area contributed by atoms with E-state index in [4.69, 9.17) is 19.4 Å². The van der Waals surface area contributed by atoms with Gasteiger partial charge in [-0.25, -0.2) is 27.2 Å². The van der Waals surface area contributed by atoms with Crippen molar-refractivity contribution in [2.24, 2.45) is 0 Å². The van der Waals surface area contributed by atoms with Crippen LogP contribution in [0.2, 0.25) is 0 Å². The van der Waals surface area contributed by atoms with Gasteiger partial charge in [-0.1, -0.05) is 6.07 Å². The number of nitrogens with zero attached hydrogens (tertiary/aromatic N) is 5. The van der Waals surface area contributed by atoms with Crippen LogP contribution in [0.25, 0.3) is 22.4 Å². The van der Waals surface area contributed by atoms with E-state index in [1.807, 2.05) is 32.0 Å². The minimum Gasteiger partial charge on any atom is -0.489 e. The third kappa shape index (κ3) is 5.84. The summed E-state index contributed by atoms with van der Waals surface area (Å²) in [5, 5.41) is 2.59. The van der Waals surface area contributed by atoms with Gasteiger partial charge in [-0.3, -0.25) is 14.8 Å². The number of nitrogens with one attached hydrogen (secondary N) is 1. The Balaban J connectivity index is 1.21. The van der Waals surface area contributed by atoms with Gasteiger partial charge in [-0.2, -0.15) is 0 Å². The highest BCUT2D eigenvalue weighted by molar-refractivity contribution is 7.92. The molecule has 11 nitrogen and oxygen atoms in total. The van der Waals surface area contributed by atoms with Crippen molar-refractivity contribution in [1.29, 1.82) is 0 Å². The molecule has 0 saturated carbocycles. The molecule has 224 valence electrons. The van der Waals surface area contributed by atoms with Gasteiger partial charge in [-0.05, 0) is 44.2 Å². The molecule has 3 atom stereocenters. The molecule has 0 bridgehead atoms. The van der Waals surface area contributed by atoms with Crippen molar-refractivity contribution in [3.05, 3.63) is 65.9 Å². The second-order valence-electron chi connectivity index (χ2n) is 10.5. The van der Waals surface area contributed by atoms with Gasteiger partial charge in [0.05, 0.1) is 54.7 Å². The maximum atomic E-state index is 14.7. The average molecular weight is 611 g/mol. The molecule has 2 aliphatic rings. The lowest BCUT2D eigenvalue weighted by atomic mass is 10.2. The highest BCUT2D eigenvalue weighted by Gasteiger charge is 2.35. The van der Waals surface area contributed by atoms with Gasteiger partial charge in [0, 0.05) is 25.1 Å². The van der Waals surface area contributed by atoms with E-state index in [0.29, 0.717) is 28.1 Å². The lowest BCUT2D eigenvalue weighted by Crippen LogP contribution is -2.45. The standard InChI is InChI=1S/C29H28F2N6O5S/c1-16-14-37(15-17(2)42-16)27-5-3-4-21(36-27)24-13-33-23-12-32-19(10-22(23)35-24)11-34-29(38)18-8-20(30)28-25(9-18)43(39,40)26(31)6-7-41-28/h3-5,8-10,12-13,16-17,26H,6-7,11,14-15H2,1-2H3,(H,34,38)/t16-,17+,26-/m1/s1. The number of alkyl halides is 1. The van der Waals surface area contributed by atoms with Crippen LogP contribution in [-0.2, 0) is 21.1 Å². The highest BCUT2D eigenvalue weighted by atomic mass is 32.2. The Hall–Kier alpha value is -4.30. The zero-order valence-electron chi connectivity index (χ0n) is 23.3. The largest absolute Gasteiger partial charge is 0.489 e. The minimum atomic E-state index is -4.52. The summed E-state index contributed by atoms with van der Waals surface area (Å²) in [6, 6.07) is 9.15. The number of amides is 1. The molecule has 14 heteroatoms. The number of hydrogen-bond acceptors (Lipinski definition) is 10. The van der Waals surface area contributed by atoms with Gasteiger partial charge in [-0.15, -0.1) is 0 Å². The molecule has 0 unspecified atom stereocenters. The molecule has 6 rings (SSSR count). The molecule has 0 radical (unpaired) electrons. The molecule has 0 spiro atoms. The Morgan fingerprint density at radius 3 is 2.63 bits per heavy atom. The van der Waals surface area contributed by atoms with Crippen LogP contribution in [0.4, 0.5) is 14.6 Å².